The minimum absolute atomic E-state index is 0.0396. The highest BCUT2D eigenvalue weighted by molar-refractivity contribution is 5.90. The predicted octanol–water partition coefficient (Wildman–Crippen LogP) is 4.81. The van der Waals surface area contributed by atoms with Crippen LogP contribution in [0, 0.1) is 5.41 Å². The molecular formula is C24H25N3O2. The van der Waals surface area contributed by atoms with Crippen molar-refractivity contribution in [1.29, 1.82) is 5.41 Å². The summed E-state index contributed by atoms with van der Waals surface area (Å²) in [5.41, 5.74) is 4.80. The van der Waals surface area contributed by atoms with E-state index in [1.54, 1.807) is 12.3 Å². The topological polar surface area (TPSA) is 79.0 Å². The fourth-order valence-electron chi connectivity index (χ4n) is 3.45. The summed E-state index contributed by atoms with van der Waals surface area (Å²) in [6.45, 7) is 2.09. The molecule has 0 amide bonds. The SMILES string of the molecule is CC[C@H](C(=N)Cc1ccnn1-c1ccccc1)c1ccc(C/C=C/C(=O)O)cc1. The molecule has 0 radical (unpaired) electrons. The van der Waals surface area contributed by atoms with Gasteiger partial charge in [-0.25, -0.2) is 9.48 Å². The van der Waals surface area contributed by atoms with Gasteiger partial charge in [-0.1, -0.05) is 55.5 Å². The zero-order valence-electron chi connectivity index (χ0n) is 16.5. The van der Waals surface area contributed by atoms with E-state index in [4.69, 9.17) is 10.5 Å². The second kappa shape index (κ2) is 9.64. The van der Waals surface area contributed by atoms with Gasteiger partial charge in [0.25, 0.3) is 0 Å². The fourth-order valence-corrected chi connectivity index (χ4v) is 3.45. The zero-order valence-corrected chi connectivity index (χ0v) is 16.5. The molecular weight excluding hydrogens is 362 g/mol. The highest BCUT2D eigenvalue weighted by atomic mass is 16.4. The molecule has 148 valence electrons. The Hall–Kier alpha value is -3.47. The third kappa shape index (κ3) is 5.29. The number of rotatable bonds is 9. The van der Waals surface area contributed by atoms with Crippen molar-refractivity contribution >= 4 is 11.7 Å². The number of nitrogens with zero attached hydrogens (tertiary/aromatic N) is 2. The summed E-state index contributed by atoms with van der Waals surface area (Å²) in [6, 6.07) is 20.0. The summed E-state index contributed by atoms with van der Waals surface area (Å²) in [5, 5.41) is 21.8. The number of nitrogens with one attached hydrogen (secondary N) is 1. The van der Waals surface area contributed by atoms with E-state index in [0.29, 0.717) is 18.6 Å². The Balaban J connectivity index is 1.72. The lowest BCUT2D eigenvalue weighted by molar-refractivity contribution is -0.131. The second-order valence-corrected chi connectivity index (χ2v) is 6.92. The molecule has 2 N–H and O–H groups in total. The number of benzene rings is 2. The number of hydrogen-bond acceptors (Lipinski definition) is 3. The number of hydrogen-bond donors (Lipinski definition) is 2. The Morgan fingerprint density at radius 3 is 2.52 bits per heavy atom. The van der Waals surface area contributed by atoms with Crippen molar-refractivity contribution in [3.63, 3.8) is 0 Å². The number of carboxylic acids is 1. The summed E-state index contributed by atoms with van der Waals surface area (Å²) in [6.07, 6.45) is 6.54. The predicted molar refractivity (Wildman–Crippen MR) is 115 cm³/mol. The highest BCUT2D eigenvalue weighted by Gasteiger charge is 2.17. The van der Waals surface area contributed by atoms with E-state index in [1.165, 1.54) is 0 Å². The van der Waals surface area contributed by atoms with Crippen molar-refractivity contribution in [2.75, 3.05) is 0 Å². The molecule has 0 aliphatic carbocycles. The van der Waals surface area contributed by atoms with E-state index in [2.05, 4.69) is 12.0 Å². The van der Waals surface area contributed by atoms with Crippen LogP contribution in [0.1, 0.15) is 36.1 Å². The van der Waals surface area contributed by atoms with Gasteiger partial charge in [-0.3, -0.25) is 0 Å². The van der Waals surface area contributed by atoms with Crippen LogP contribution in [0.4, 0.5) is 0 Å². The Morgan fingerprint density at radius 2 is 1.86 bits per heavy atom. The molecule has 0 saturated carbocycles. The third-order valence-electron chi connectivity index (χ3n) is 4.92. The first kappa shape index (κ1) is 20.3. The number of aromatic nitrogens is 2. The maximum atomic E-state index is 10.6. The second-order valence-electron chi connectivity index (χ2n) is 6.92. The average molecular weight is 387 g/mol. The maximum Gasteiger partial charge on any atom is 0.327 e. The van der Waals surface area contributed by atoms with Gasteiger partial charge in [0.2, 0.25) is 0 Å². The highest BCUT2D eigenvalue weighted by Crippen LogP contribution is 2.24. The van der Waals surface area contributed by atoms with Crippen molar-refractivity contribution in [3.05, 3.63) is 95.8 Å². The Kier molecular flexibility index (Phi) is 6.74. The summed E-state index contributed by atoms with van der Waals surface area (Å²) >= 11 is 0. The van der Waals surface area contributed by atoms with Gasteiger partial charge in [-0.2, -0.15) is 5.10 Å². The molecule has 0 fully saturated rings. The number of carbonyl (C=O) groups is 1. The molecule has 0 saturated heterocycles. The standard InChI is InChI=1S/C24H25N3O2/c1-2-22(19-13-11-18(12-14-19)7-6-10-24(28)29)23(25)17-21-15-16-26-27(21)20-8-4-3-5-9-20/h3-6,8-16,22,25H,2,7,17H2,1H3,(H,28,29)/b10-6+,25-23?/t22-/m0/s1. The molecule has 2 aromatic carbocycles. The van der Waals surface area contributed by atoms with Crippen LogP contribution in [0.3, 0.4) is 0 Å². The molecule has 5 nitrogen and oxygen atoms in total. The van der Waals surface area contributed by atoms with E-state index < -0.39 is 5.97 Å². The van der Waals surface area contributed by atoms with Gasteiger partial charge in [0.1, 0.15) is 0 Å². The van der Waals surface area contributed by atoms with Crippen molar-refractivity contribution < 1.29 is 9.90 Å². The minimum atomic E-state index is -0.934. The molecule has 1 aromatic heterocycles. The molecule has 5 heteroatoms. The normalized spacial score (nSPS) is 12.2. The molecule has 1 heterocycles. The Morgan fingerprint density at radius 1 is 1.14 bits per heavy atom. The first-order valence-corrected chi connectivity index (χ1v) is 9.72. The first-order valence-electron chi connectivity index (χ1n) is 9.72. The van der Waals surface area contributed by atoms with E-state index in [0.717, 1.165) is 35.0 Å². The lowest BCUT2D eigenvalue weighted by Crippen LogP contribution is -2.16. The molecule has 0 bridgehead atoms. The summed E-state index contributed by atoms with van der Waals surface area (Å²) < 4.78 is 1.89. The van der Waals surface area contributed by atoms with Crippen molar-refractivity contribution in [1.82, 2.24) is 9.78 Å². The molecule has 3 rings (SSSR count). The molecule has 0 unspecified atom stereocenters. The van der Waals surface area contributed by atoms with Crippen LogP contribution in [0.15, 0.2) is 79.0 Å². The largest absolute Gasteiger partial charge is 0.478 e. The quantitative estimate of drug-likeness (QED) is 0.408. The van der Waals surface area contributed by atoms with Crippen molar-refractivity contribution in [2.24, 2.45) is 0 Å². The molecule has 1 atom stereocenters. The summed E-state index contributed by atoms with van der Waals surface area (Å²) in [5.74, 6) is -0.895. The Bertz CT molecular complexity index is 988. The van der Waals surface area contributed by atoms with E-state index in [9.17, 15) is 4.79 Å². The van der Waals surface area contributed by atoms with Gasteiger partial charge in [-0.15, -0.1) is 0 Å². The third-order valence-corrected chi connectivity index (χ3v) is 4.92. The average Bonchev–Trinajstić information content (AvgIpc) is 3.18. The monoisotopic (exact) mass is 387 g/mol. The summed E-state index contributed by atoms with van der Waals surface area (Å²) in [7, 11) is 0. The number of allylic oxidation sites excluding steroid dienone is 1. The fraction of sp³-hybridized carbons (Fsp3) is 0.208. The van der Waals surface area contributed by atoms with Crippen LogP contribution >= 0.6 is 0 Å². The van der Waals surface area contributed by atoms with Gasteiger partial charge in [0.05, 0.1) is 5.69 Å². The summed E-state index contributed by atoms with van der Waals surface area (Å²) in [4.78, 5) is 10.6. The van der Waals surface area contributed by atoms with Crippen LogP contribution in [-0.4, -0.2) is 26.6 Å². The van der Waals surface area contributed by atoms with Gasteiger partial charge in [-0.05, 0) is 42.2 Å². The Labute approximate surface area is 170 Å². The van der Waals surface area contributed by atoms with Gasteiger partial charge < -0.3 is 10.5 Å². The molecule has 29 heavy (non-hydrogen) atoms. The van der Waals surface area contributed by atoms with Crippen LogP contribution in [0.25, 0.3) is 5.69 Å². The number of carboxylic acid groups (broad SMARTS) is 1. The maximum absolute atomic E-state index is 10.6. The molecule has 0 spiro atoms. The smallest absolute Gasteiger partial charge is 0.327 e. The van der Waals surface area contributed by atoms with Gasteiger partial charge in [0, 0.05) is 36.0 Å². The number of aliphatic carboxylic acids is 1. The van der Waals surface area contributed by atoms with E-state index in [-0.39, 0.29) is 5.92 Å². The lowest BCUT2D eigenvalue weighted by Gasteiger charge is -2.18. The lowest BCUT2D eigenvalue weighted by atomic mass is 9.88. The molecule has 3 aromatic rings. The van der Waals surface area contributed by atoms with Crippen molar-refractivity contribution in [3.8, 4) is 5.69 Å². The number of para-hydroxylation sites is 1. The molecule has 0 aliphatic rings. The minimum Gasteiger partial charge on any atom is -0.478 e. The van der Waals surface area contributed by atoms with Crippen LogP contribution in [0.2, 0.25) is 0 Å². The molecule has 0 aliphatic heterocycles. The van der Waals surface area contributed by atoms with Gasteiger partial charge >= 0.3 is 5.97 Å². The first-order chi connectivity index (χ1) is 14.1. The van der Waals surface area contributed by atoms with Gasteiger partial charge in [0.15, 0.2) is 0 Å². The van der Waals surface area contributed by atoms with Crippen molar-refractivity contribution in [2.45, 2.75) is 32.1 Å². The van der Waals surface area contributed by atoms with Crippen LogP contribution in [0.5, 0.6) is 0 Å². The van der Waals surface area contributed by atoms with E-state index >= 15 is 0 Å². The van der Waals surface area contributed by atoms with Crippen LogP contribution < -0.4 is 0 Å². The zero-order chi connectivity index (χ0) is 20.6. The van der Waals surface area contributed by atoms with E-state index in [1.807, 2.05) is 65.3 Å². The van der Waals surface area contributed by atoms with Crippen LogP contribution in [-0.2, 0) is 17.6 Å².